The van der Waals surface area contributed by atoms with E-state index in [9.17, 15) is 4.79 Å². The number of benzene rings is 2. The molecule has 0 spiro atoms. The number of rotatable bonds is 6. The summed E-state index contributed by atoms with van der Waals surface area (Å²) < 4.78 is 5.35. The zero-order valence-electron chi connectivity index (χ0n) is 14.4. The second-order valence-electron chi connectivity index (χ2n) is 5.68. The Labute approximate surface area is 161 Å². The first-order chi connectivity index (χ1) is 12.5. The van der Waals surface area contributed by atoms with Crippen LogP contribution in [0, 0.1) is 6.92 Å². The second-order valence-corrected chi connectivity index (χ2v) is 6.97. The number of aryl methyl sites for hydroxylation is 1. The first-order valence-corrected chi connectivity index (χ1v) is 9.21. The van der Waals surface area contributed by atoms with Gasteiger partial charge in [0.1, 0.15) is 11.4 Å². The maximum atomic E-state index is 12.3. The lowest BCUT2D eigenvalue weighted by Crippen LogP contribution is -2.23. The van der Waals surface area contributed by atoms with E-state index in [4.69, 9.17) is 16.3 Å². The lowest BCUT2D eigenvalue weighted by atomic mass is 10.2. The van der Waals surface area contributed by atoms with Gasteiger partial charge in [-0.25, -0.2) is 4.98 Å². The minimum Gasteiger partial charge on any atom is -0.495 e. The Balaban J connectivity index is 1.64. The fraction of sp³-hybridized carbons (Fsp3) is 0.158. The molecule has 0 atom stereocenters. The third-order valence-electron chi connectivity index (χ3n) is 3.70. The van der Waals surface area contributed by atoms with Crippen molar-refractivity contribution in [3.05, 3.63) is 69.7 Å². The van der Waals surface area contributed by atoms with Crippen LogP contribution in [0.4, 0.5) is 10.8 Å². The van der Waals surface area contributed by atoms with Crippen molar-refractivity contribution in [2.24, 2.45) is 0 Å². The summed E-state index contributed by atoms with van der Waals surface area (Å²) in [7, 11) is 1.62. The van der Waals surface area contributed by atoms with Crippen molar-refractivity contribution in [1.82, 2.24) is 10.3 Å². The highest BCUT2D eigenvalue weighted by Crippen LogP contribution is 2.29. The van der Waals surface area contributed by atoms with Crippen molar-refractivity contribution in [1.29, 1.82) is 0 Å². The molecule has 0 radical (unpaired) electrons. The molecule has 0 aliphatic rings. The van der Waals surface area contributed by atoms with Crippen molar-refractivity contribution in [2.75, 3.05) is 12.4 Å². The van der Waals surface area contributed by atoms with Gasteiger partial charge in [-0.15, -0.1) is 11.3 Å². The van der Waals surface area contributed by atoms with Crippen LogP contribution in [0.2, 0.25) is 5.02 Å². The SMILES string of the molecule is COc1ccc(C)cc1Nc1nc(C(=O)NCc2ccc(Cl)cc2)cs1. The van der Waals surface area contributed by atoms with Gasteiger partial charge in [-0.05, 0) is 42.3 Å². The summed E-state index contributed by atoms with van der Waals surface area (Å²) in [5.41, 5.74) is 3.26. The molecule has 0 saturated heterocycles. The predicted molar refractivity (Wildman–Crippen MR) is 106 cm³/mol. The van der Waals surface area contributed by atoms with E-state index in [-0.39, 0.29) is 5.91 Å². The molecule has 1 amide bonds. The average Bonchev–Trinajstić information content (AvgIpc) is 3.10. The van der Waals surface area contributed by atoms with Gasteiger partial charge in [-0.3, -0.25) is 4.79 Å². The number of ether oxygens (including phenoxy) is 1. The maximum Gasteiger partial charge on any atom is 0.271 e. The van der Waals surface area contributed by atoms with E-state index < -0.39 is 0 Å². The van der Waals surface area contributed by atoms with Crippen LogP contribution in [0.5, 0.6) is 5.75 Å². The number of hydrogen-bond donors (Lipinski definition) is 2. The molecule has 0 unspecified atom stereocenters. The first-order valence-electron chi connectivity index (χ1n) is 7.95. The summed E-state index contributed by atoms with van der Waals surface area (Å²) in [5.74, 6) is 0.500. The van der Waals surface area contributed by atoms with Gasteiger partial charge in [0.2, 0.25) is 0 Å². The number of thiazole rings is 1. The fourth-order valence-corrected chi connectivity index (χ4v) is 3.17. The smallest absolute Gasteiger partial charge is 0.271 e. The molecule has 0 aliphatic carbocycles. The van der Waals surface area contributed by atoms with Crippen molar-refractivity contribution in [3.8, 4) is 5.75 Å². The number of nitrogens with zero attached hydrogens (tertiary/aromatic N) is 1. The molecule has 2 aromatic carbocycles. The summed E-state index contributed by atoms with van der Waals surface area (Å²) in [6.07, 6.45) is 0. The number of carbonyl (C=O) groups is 1. The van der Waals surface area contributed by atoms with E-state index in [1.807, 2.05) is 37.3 Å². The molecule has 2 N–H and O–H groups in total. The number of halogens is 1. The number of anilines is 2. The highest BCUT2D eigenvalue weighted by Gasteiger charge is 2.12. The van der Waals surface area contributed by atoms with Gasteiger partial charge in [-0.2, -0.15) is 0 Å². The predicted octanol–water partition coefficient (Wildman–Crippen LogP) is 4.79. The Morgan fingerprint density at radius 3 is 2.73 bits per heavy atom. The van der Waals surface area contributed by atoms with E-state index in [1.165, 1.54) is 11.3 Å². The summed E-state index contributed by atoms with van der Waals surface area (Å²) in [6.45, 7) is 2.42. The number of methoxy groups -OCH3 is 1. The van der Waals surface area contributed by atoms with Crippen LogP contribution in [0.25, 0.3) is 0 Å². The average molecular weight is 388 g/mol. The van der Waals surface area contributed by atoms with E-state index in [0.29, 0.717) is 22.4 Å². The summed E-state index contributed by atoms with van der Waals surface area (Å²) in [4.78, 5) is 16.6. The molecule has 7 heteroatoms. The molecule has 1 heterocycles. The monoisotopic (exact) mass is 387 g/mol. The van der Waals surface area contributed by atoms with Gasteiger partial charge in [0, 0.05) is 16.9 Å². The minimum absolute atomic E-state index is 0.222. The molecule has 0 fully saturated rings. The zero-order chi connectivity index (χ0) is 18.5. The summed E-state index contributed by atoms with van der Waals surface area (Å²) in [5, 5.41) is 9.08. The Kier molecular flexibility index (Phi) is 5.75. The van der Waals surface area contributed by atoms with Crippen LogP contribution in [0.15, 0.2) is 47.8 Å². The molecule has 134 valence electrons. The van der Waals surface area contributed by atoms with Gasteiger partial charge in [0.25, 0.3) is 5.91 Å². The minimum atomic E-state index is -0.222. The third-order valence-corrected chi connectivity index (χ3v) is 4.71. The highest BCUT2D eigenvalue weighted by atomic mass is 35.5. The second kappa shape index (κ2) is 8.21. The molecule has 0 saturated carbocycles. The van der Waals surface area contributed by atoms with Crippen LogP contribution >= 0.6 is 22.9 Å². The van der Waals surface area contributed by atoms with Crippen LogP contribution in [-0.2, 0) is 6.54 Å². The van der Waals surface area contributed by atoms with Crippen LogP contribution in [-0.4, -0.2) is 18.0 Å². The van der Waals surface area contributed by atoms with Crippen molar-refractivity contribution in [2.45, 2.75) is 13.5 Å². The highest BCUT2D eigenvalue weighted by molar-refractivity contribution is 7.14. The topological polar surface area (TPSA) is 63.2 Å². The number of amides is 1. The largest absolute Gasteiger partial charge is 0.495 e. The summed E-state index contributed by atoms with van der Waals surface area (Å²) in [6, 6.07) is 13.2. The number of aromatic nitrogens is 1. The van der Waals surface area contributed by atoms with Crippen LogP contribution in [0.1, 0.15) is 21.6 Å². The fourth-order valence-electron chi connectivity index (χ4n) is 2.35. The van der Waals surface area contributed by atoms with Crippen LogP contribution < -0.4 is 15.4 Å². The van der Waals surface area contributed by atoms with Gasteiger partial charge >= 0.3 is 0 Å². The molecule has 5 nitrogen and oxygen atoms in total. The van der Waals surface area contributed by atoms with E-state index in [2.05, 4.69) is 15.6 Å². The standard InChI is InChI=1S/C19H18ClN3O2S/c1-12-3-8-17(25-2)15(9-12)22-19-23-16(11-26-19)18(24)21-10-13-4-6-14(20)7-5-13/h3-9,11H,10H2,1-2H3,(H,21,24)(H,22,23). The molecule has 0 aliphatic heterocycles. The van der Waals surface area contributed by atoms with Gasteiger partial charge in [0.15, 0.2) is 5.13 Å². The number of hydrogen-bond acceptors (Lipinski definition) is 5. The normalized spacial score (nSPS) is 10.4. The Bertz CT molecular complexity index is 909. The van der Waals surface area contributed by atoms with Crippen molar-refractivity contribution < 1.29 is 9.53 Å². The molecule has 3 aromatic rings. The lowest BCUT2D eigenvalue weighted by Gasteiger charge is -2.09. The zero-order valence-corrected chi connectivity index (χ0v) is 15.9. The summed E-state index contributed by atoms with van der Waals surface area (Å²) >= 11 is 7.22. The van der Waals surface area contributed by atoms with E-state index in [0.717, 1.165) is 22.6 Å². The van der Waals surface area contributed by atoms with Gasteiger partial charge in [0.05, 0.1) is 12.8 Å². The molecular weight excluding hydrogens is 370 g/mol. The third kappa shape index (κ3) is 4.53. The quantitative estimate of drug-likeness (QED) is 0.638. The Morgan fingerprint density at radius 1 is 1.23 bits per heavy atom. The first kappa shape index (κ1) is 18.2. The number of nitrogens with one attached hydrogen (secondary N) is 2. The Hall–Kier alpha value is -2.57. The molecule has 26 heavy (non-hydrogen) atoms. The lowest BCUT2D eigenvalue weighted by molar-refractivity contribution is 0.0946. The Morgan fingerprint density at radius 2 is 2.00 bits per heavy atom. The van der Waals surface area contributed by atoms with E-state index >= 15 is 0 Å². The molecular formula is C19H18ClN3O2S. The molecule has 3 rings (SSSR count). The van der Waals surface area contributed by atoms with Crippen molar-refractivity contribution >= 4 is 39.7 Å². The molecule has 1 aromatic heterocycles. The van der Waals surface area contributed by atoms with Crippen molar-refractivity contribution in [3.63, 3.8) is 0 Å². The van der Waals surface area contributed by atoms with Crippen LogP contribution in [0.3, 0.4) is 0 Å². The molecule has 0 bridgehead atoms. The van der Waals surface area contributed by atoms with E-state index in [1.54, 1.807) is 24.6 Å². The number of carbonyl (C=O) groups excluding carboxylic acids is 1. The van der Waals surface area contributed by atoms with Gasteiger partial charge in [-0.1, -0.05) is 29.8 Å². The maximum absolute atomic E-state index is 12.3. The van der Waals surface area contributed by atoms with Gasteiger partial charge < -0.3 is 15.4 Å².